The van der Waals surface area contributed by atoms with Crippen LogP contribution in [0, 0.1) is 0 Å². The zero-order valence-electron chi connectivity index (χ0n) is 16.4. The number of carbonyl (C=O) groups is 1. The Morgan fingerprint density at radius 3 is 2.83 bits per heavy atom. The van der Waals surface area contributed by atoms with Crippen molar-refractivity contribution in [3.8, 4) is 5.75 Å². The molecule has 1 amide bonds. The number of nitrogens with one attached hydrogen (secondary N) is 2. The molecule has 1 fully saturated rings. The maximum absolute atomic E-state index is 12.4. The molecule has 6 heteroatoms. The standard InChI is InChI=1S/C24H22N4O2/c29-20-5-1-3-16(13-20)18-11-19(12-18)22-14-23(28-27-22)26-24(30)10-15-6-7-21-17(9-15)4-2-8-25-21/h1-9,13-14,18-19,29H,10-12H2,(H2,26,27,28,30)/t18-,19+. The molecule has 0 aliphatic heterocycles. The van der Waals surface area contributed by atoms with Crippen LogP contribution in [0.4, 0.5) is 5.82 Å². The number of amides is 1. The number of carbonyl (C=O) groups excluding carboxylic acids is 1. The average Bonchev–Trinajstić information content (AvgIpc) is 3.14. The highest BCUT2D eigenvalue weighted by molar-refractivity contribution is 5.92. The van der Waals surface area contributed by atoms with Crippen molar-refractivity contribution in [1.29, 1.82) is 0 Å². The van der Waals surface area contributed by atoms with Crippen LogP contribution in [0.5, 0.6) is 5.75 Å². The van der Waals surface area contributed by atoms with Gasteiger partial charge in [0, 0.05) is 29.3 Å². The van der Waals surface area contributed by atoms with E-state index >= 15 is 0 Å². The van der Waals surface area contributed by atoms with Gasteiger partial charge in [-0.3, -0.25) is 14.9 Å². The summed E-state index contributed by atoms with van der Waals surface area (Å²) < 4.78 is 0. The van der Waals surface area contributed by atoms with Crippen LogP contribution in [0.1, 0.15) is 41.5 Å². The van der Waals surface area contributed by atoms with Crippen molar-refractivity contribution in [2.24, 2.45) is 0 Å². The van der Waals surface area contributed by atoms with Crippen molar-refractivity contribution < 1.29 is 9.90 Å². The lowest BCUT2D eigenvalue weighted by molar-refractivity contribution is -0.115. The van der Waals surface area contributed by atoms with E-state index in [0.717, 1.165) is 35.0 Å². The highest BCUT2D eigenvalue weighted by atomic mass is 16.3. The molecule has 0 spiro atoms. The van der Waals surface area contributed by atoms with Gasteiger partial charge in [0.2, 0.25) is 5.91 Å². The van der Waals surface area contributed by atoms with Crippen molar-refractivity contribution in [2.45, 2.75) is 31.1 Å². The summed E-state index contributed by atoms with van der Waals surface area (Å²) in [6.07, 6.45) is 4.06. The Labute approximate surface area is 174 Å². The lowest BCUT2D eigenvalue weighted by atomic mass is 9.70. The third-order valence-electron chi connectivity index (χ3n) is 5.82. The van der Waals surface area contributed by atoms with Crippen molar-refractivity contribution in [1.82, 2.24) is 15.2 Å². The number of phenolic OH excluding ortho intramolecular Hbond substituents is 1. The summed E-state index contributed by atoms with van der Waals surface area (Å²) in [6, 6.07) is 19.1. The van der Waals surface area contributed by atoms with Gasteiger partial charge in [-0.05, 0) is 60.2 Å². The van der Waals surface area contributed by atoms with Gasteiger partial charge in [0.25, 0.3) is 0 Å². The van der Waals surface area contributed by atoms with E-state index in [2.05, 4.69) is 26.6 Å². The Bertz CT molecular complexity index is 1210. The molecular formula is C24H22N4O2. The Balaban J connectivity index is 1.18. The number of rotatable bonds is 5. The fourth-order valence-corrected chi connectivity index (χ4v) is 4.14. The van der Waals surface area contributed by atoms with Crippen LogP contribution in [0.3, 0.4) is 0 Å². The smallest absolute Gasteiger partial charge is 0.229 e. The fraction of sp³-hybridized carbons (Fsp3) is 0.208. The molecule has 3 N–H and O–H groups in total. The Morgan fingerprint density at radius 2 is 1.97 bits per heavy atom. The van der Waals surface area contributed by atoms with E-state index in [9.17, 15) is 9.90 Å². The maximum Gasteiger partial charge on any atom is 0.229 e. The first-order valence-corrected chi connectivity index (χ1v) is 10.1. The Kier molecular flexibility index (Phi) is 4.67. The minimum absolute atomic E-state index is 0.0949. The lowest BCUT2D eigenvalue weighted by Gasteiger charge is -2.35. The summed E-state index contributed by atoms with van der Waals surface area (Å²) in [5, 5.41) is 20.9. The molecule has 4 aromatic rings. The van der Waals surface area contributed by atoms with Crippen molar-refractivity contribution >= 4 is 22.6 Å². The van der Waals surface area contributed by atoms with Crippen molar-refractivity contribution in [2.75, 3.05) is 5.32 Å². The number of fused-ring (bicyclic) bond motifs is 1. The van der Waals surface area contributed by atoms with E-state index in [1.807, 2.05) is 48.5 Å². The summed E-state index contributed by atoms with van der Waals surface area (Å²) in [7, 11) is 0. The molecule has 1 aliphatic carbocycles. The first-order chi connectivity index (χ1) is 14.6. The molecule has 0 unspecified atom stereocenters. The Hall–Kier alpha value is -3.67. The first-order valence-electron chi connectivity index (χ1n) is 10.1. The molecular weight excluding hydrogens is 376 g/mol. The summed E-state index contributed by atoms with van der Waals surface area (Å²) in [6.45, 7) is 0. The van der Waals surface area contributed by atoms with Crippen LogP contribution in [-0.4, -0.2) is 26.2 Å². The minimum atomic E-state index is -0.0949. The second-order valence-corrected chi connectivity index (χ2v) is 7.92. The van der Waals surface area contributed by atoms with E-state index < -0.39 is 0 Å². The number of anilines is 1. The number of aromatic hydroxyl groups is 1. The zero-order valence-corrected chi connectivity index (χ0v) is 16.4. The van der Waals surface area contributed by atoms with Crippen LogP contribution in [0.25, 0.3) is 10.9 Å². The topological polar surface area (TPSA) is 90.9 Å². The van der Waals surface area contributed by atoms with Crippen LogP contribution in [0.15, 0.2) is 66.9 Å². The summed E-state index contributed by atoms with van der Waals surface area (Å²) in [5.74, 6) is 1.61. The molecule has 2 aromatic heterocycles. The third-order valence-corrected chi connectivity index (χ3v) is 5.82. The number of aromatic amines is 1. The van der Waals surface area contributed by atoms with Crippen LogP contribution < -0.4 is 5.32 Å². The highest BCUT2D eigenvalue weighted by Gasteiger charge is 2.32. The molecule has 0 radical (unpaired) electrons. The number of pyridine rings is 1. The Morgan fingerprint density at radius 1 is 1.07 bits per heavy atom. The van der Waals surface area contributed by atoms with Crippen molar-refractivity contribution in [3.05, 3.63) is 83.7 Å². The zero-order chi connectivity index (χ0) is 20.5. The van der Waals surface area contributed by atoms with E-state index in [1.165, 1.54) is 5.56 Å². The largest absolute Gasteiger partial charge is 0.508 e. The normalized spacial score (nSPS) is 18.1. The SMILES string of the molecule is O=C(Cc1ccc2ncccc2c1)Nc1cc([C@H]2C[C@@H](c3cccc(O)c3)C2)[nH]n1. The van der Waals surface area contributed by atoms with Gasteiger partial charge >= 0.3 is 0 Å². The number of benzene rings is 2. The predicted octanol–water partition coefficient (Wildman–Crippen LogP) is 4.51. The number of H-pyrrole nitrogens is 1. The van der Waals surface area contributed by atoms with Crippen LogP contribution >= 0.6 is 0 Å². The predicted molar refractivity (Wildman–Crippen MR) is 115 cm³/mol. The fourth-order valence-electron chi connectivity index (χ4n) is 4.14. The molecule has 0 atom stereocenters. The molecule has 150 valence electrons. The van der Waals surface area contributed by atoms with Gasteiger partial charge in [-0.25, -0.2) is 0 Å². The van der Waals surface area contributed by atoms with Crippen molar-refractivity contribution in [3.63, 3.8) is 0 Å². The maximum atomic E-state index is 12.4. The number of hydrogen-bond donors (Lipinski definition) is 3. The van der Waals surface area contributed by atoms with Gasteiger partial charge in [0.05, 0.1) is 11.9 Å². The molecule has 6 nitrogen and oxygen atoms in total. The van der Waals surface area contributed by atoms with Crippen LogP contribution in [0.2, 0.25) is 0 Å². The van der Waals surface area contributed by atoms with Gasteiger partial charge in [-0.2, -0.15) is 5.10 Å². The third kappa shape index (κ3) is 3.76. The quantitative estimate of drug-likeness (QED) is 0.461. The van der Waals surface area contributed by atoms with Gasteiger partial charge in [0.15, 0.2) is 5.82 Å². The second-order valence-electron chi connectivity index (χ2n) is 7.92. The number of hydrogen-bond acceptors (Lipinski definition) is 4. The van der Waals surface area contributed by atoms with E-state index in [-0.39, 0.29) is 12.3 Å². The summed E-state index contributed by atoms with van der Waals surface area (Å²) in [4.78, 5) is 16.7. The number of aromatic nitrogens is 3. The van der Waals surface area contributed by atoms with E-state index in [0.29, 0.717) is 23.4 Å². The summed E-state index contributed by atoms with van der Waals surface area (Å²) >= 11 is 0. The molecule has 2 aromatic carbocycles. The minimum Gasteiger partial charge on any atom is -0.508 e. The molecule has 1 aliphatic rings. The molecule has 0 bridgehead atoms. The summed E-state index contributed by atoms with van der Waals surface area (Å²) in [5.41, 5.74) is 4.07. The number of phenols is 1. The second kappa shape index (κ2) is 7.63. The van der Waals surface area contributed by atoms with Crippen LogP contribution in [-0.2, 0) is 11.2 Å². The molecule has 2 heterocycles. The van der Waals surface area contributed by atoms with Gasteiger partial charge in [-0.1, -0.05) is 24.3 Å². The molecule has 0 saturated heterocycles. The molecule has 30 heavy (non-hydrogen) atoms. The molecule has 5 rings (SSSR count). The highest BCUT2D eigenvalue weighted by Crippen LogP contribution is 2.47. The van der Waals surface area contributed by atoms with Gasteiger partial charge in [-0.15, -0.1) is 0 Å². The average molecular weight is 398 g/mol. The monoisotopic (exact) mass is 398 g/mol. The molecule has 1 saturated carbocycles. The number of nitrogens with zero attached hydrogens (tertiary/aromatic N) is 2. The van der Waals surface area contributed by atoms with Gasteiger partial charge < -0.3 is 10.4 Å². The van der Waals surface area contributed by atoms with E-state index in [4.69, 9.17) is 0 Å². The lowest BCUT2D eigenvalue weighted by Crippen LogP contribution is -2.20. The van der Waals surface area contributed by atoms with E-state index in [1.54, 1.807) is 12.3 Å². The first kappa shape index (κ1) is 18.4. The van der Waals surface area contributed by atoms with Gasteiger partial charge in [0.1, 0.15) is 5.75 Å².